The van der Waals surface area contributed by atoms with Gasteiger partial charge in [-0.05, 0) is 11.6 Å². The van der Waals surface area contributed by atoms with Crippen LogP contribution in [0.15, 0.2) is 28.7 Å². The Morgan fingerprint density at radius 1 is 1.38 bits per heavy atom. The predicted octanol–water partition coefficient (Wildman–Crippen LogP) is 3.04. The molecule has 0 N–H and O–H groups in total. The first kappa shape index (κ1) is 12.6. The zero-order valence-electron chi connectivity index (χ0n) is 9.03. The Balaban J connectivity index is 2.05. The van der Waals surface area contributed by atoms with Crippen LogP contribution < -0.4 is 0 Å². The van der Waals surface area contributed by atoms with Crippen molar-refractivity contribution in [3.05, 3.63) is 34.3 Å². The van der Waals surface area contributed by atoms with Gasteiger partial charge in [0.15, 0.2) is 0 Å². The minimum absolute atomic E-state index is 0.487. The van der Waals surface area contributed by atoms with E-state index in [2.05, 4.69) is 61.0 Å². The summed E-state index contributed by atoms with van der Waals surface area (Å²) in [6, 6.07) is 8.89. The minimum atomic E-state index is 0.487. The largest absolute Gasteiger partial charge is 0.378 e. The average molecular weight is 349 g/mol. The summed E-state index contributed by atoms with van der Waals surface area (Å²) in [5.74, 6) is 0. The summed E-state index contributed by atoms with van der Waals surface area (Å²) in [6.07, 6.45) is 0. The number of halogens is 2. The van der Waals surface area contributed by atoms with Crippen molar-refractivity contribution < 1.29 is 4.74 Å². The predicted molar refractivity (Wildman–Crippen MR) is 73.0 cm³/mol. The molecule has 0 bridgehead atoms. The van der Waals surface area contributed by atoms with Crippen LogP contribution in [-0.2, 0) is 11.3 Å². The summed E-state index contributed by atoms with van der Waals surface area (Å²) >= 11 is 7.15. The van der Waals surface area contributed by atoms with Crippen LogP contribution in [0.25, 0.3) is 0 Å². The number of ether oxygens (including phenoxy) is 1. The molecule has 0 saturated carbocycles. The molecule has 0 amide bonds. The molecule has 1 unspecified atom stereocenters. The van der Waals surface area contributed by atoms with Crippen molar-refractivity contribution in [1.82, 2.24) is 4.90 Å². The van der Waals surface area contributed by atoms with E-state index in [0.717, 1.165) is 31.6 Å². The molecule has 16 heavy (non-hydrogen) atoms. The zero-order valence-corrected chi connectivity index (χ0v) is 12.2. The molecule has 4 heteroatoms. The summed E-state index contributed by atoms with van der Waals surface area (Å²) in [4.78, 5) is 2.47. The topological polar surface area (TPSA) is 12.5 Å². The van der Waals surface area contributed by atoms with Gasteiger partial charge < -0.3 is 4.74 Å². The van der Waals surface area contributed by atoms with Gasteiger partial charge in [-0.1, -0.05) is 50.1 Å². The molecule has 0 spiro atoms. The molecule has 1 saturated heterocycles. The van der Waals surface area contributed by atoms with E-state index in [0.29, 0.717) is 6.04 Å². The molecule has 2 nitrogen and oxygen atoms in total. The summed E-state index contributed by atoms with van der Waals surface area (Å²) in [7, 11) is 0. The molecule has 1 aliphatic rings. The first-order valence-electron chi connectivity index (χ1n) is 5.42. The third-order valence-electron chi connectivity index (χ3n) is 2.86. The summed E-state index contributed by atoms with van der Waals surface area (Å²) in [5.41, 5.74) is 1.34. The molecule has 1 atom stereocenters. The van der Waals surface area contributed by atoms with E-state index in [1.165, 1.54) is 10.0 Å². The minimum Gasteiger partial charge on any atom is -0.378 e. The van der Waals surface area contributed by atoms with Crippen molar-refractivity contribution >= 4 is 31.9 Å². The number of alkyl halides is 1. The van der Waals surface area contributed by atoms with E-state index in [1.807, 2.05) is 0 Å². The van der Waals surface area contributed by atoms with Gasteiger partial charge in [-0.25, -0.2) is 0 Å². The average Bonchev–Trinajstić information content (AvgIpc) is 2.33. The molecule has 0 aromatic heterocycles. The lowest BCUT2D eigenvalue weighted by Crippen LogP contribution is -2.45. The molecule has 88 valence electrons. The van der Waals surface area contributed by atoms with Crippen LogP contribution in [-0.4, -0.2) is 36.0 Å². The summed E-state index contributed by atoms with van der Waals surface area (Å²) < 4.78 is 6.68. The van der Waals surface area contributed by atoms with Gasteiger partial charge in [-0.2, -0.15) is 0 Å². The molecule has 1 fully saturated rings. The van der Waals surface area contributed by atoms with Gasteiger partial charge in [0.05, 0.1) is 13.2 Å². The summed E-state index contributed by atoms with van der Waals surface area (Å²) in [5, 5.41) is 0.970. The van der Waals surface area contributed by atoms with Crippen LogP contribution in [0.5, 0.6) is 0 Å². The molecular formula is C12H15Br2NO. The van der Waals surface area contributed by atoms with E-state index < -0.39 is 0 Å². The Labute approximate surface area is 113 Å². The molecule has 2 rings (SSSR count). The highest BCUT2D eigenvalue weighted by atomic mass is 79.9. The Morgan fingerprint density at radius 2 is 2.19 bits per heavy atom. The molecule has 1 aliphatic heterocycles. The van der Waals surface area contributed by atoms with Gasteiger partial charge in [0.2, 0.25) is 0 Å². The monoisotopic (exact) mass is 347 g/mol. The van der Waals surface area contributed by atoms with Gasteiger partial charge >= 0.3 is 0 Å². The van der Waals surface area contributed by atoms with E-state index >= 15 is 0 Å². The lowest BCUT2D eigenvalue weighted by atomic mass is 10.1. The Morgan fingerprint density at radius 3 is 2.94 bits per heavy atom. The third-order valence-corrected chi connectivity index (χ3v) is 4.38. The number of nitrogens with zero attached hydrogens (tertiary/aromatic N) is 1. The van der Waals surface area contributed by atoms with Crippen molar-refractivity contribution in [2.24, 2.45) is 0 Å². The standard InChI is InChI=1S/C12H15Br2NO/c13-7-11-9-16-6-5-15(11)8-10-3-1-2-4-12(10)14/h1-4,11H,5-9H2. The number of benzene rings is 1. The maximum atomic E-state index is 5.49. The fourth-order valence-corrected chi connectivity index (χ4v) is 2.89. The number of rotatable bonds is 3. The van der Waals surface area contributed by atoms with Crippen LogP contribution in [0.1, 0.15) is 5.56 Å². The van der Waals surface area contributed by atoms with Crippen molar-refractivity contribution in [1.29, 1.82) is 0 Å². The van der Waals surface area contributed by atoms with Crippen molar-refractivity contribution in [3.63, 3.8) is 0 Å². The first-order chi connectivity index (χ1) is 7.81. The maximum absolute atomic E-state index is 5.49. The molecular weight excluding hydrogens is 334 g/mol. The highest BCUT2D eigenvalue weighted by molar-refractivity contribution is 9.10. The van der Waals surface area contributed by atoms with Crippen LogP contribution in [0.4, 0.5) is 0 Å². The maximum Gasteiger partial charge on any atom is 0.0630 e. The second-order valence-electron chi connectivity index (χ2n) is 3.94. The normalized spacial score (nSPS) is 22.2. The fourth-order valence-electron chi connectivity index (χ4n) is 1.88. The van der Waals surface area contributed by atoms with E-state index in [1.54, 1.807) is 0 Å². The van der Waals surface area contributed by atoms with Gasteiger partial charge in [-0.15, -0.1) is 0 Å². The Kier molecular flexibility index (Phi) is 4.82. The third kappa shape index (κ3) is 3.06. The lowest BCUT2D eigenvalue weighted by Gasteiger charge is -2.34. The number of hydrogen-bond acceptors (Lipinski definition) is 2. The van der Waals surface area contributed by atoms with Crippen LogP contribution in [0.2, 0.25) is 0 Å². The second-order valence-corrected chi connectivity index (χ2v) is 5.45. The van der Waals surface area contributed by atoms with Crippen LogP contribution in [0.3, 0.4) is 0 Å². The van der Waals surface area contributed by atoms with Crippen LogP contribution in [0, 0.1) is 0 Å². The molecule has 1 heterocycles. The van der Waals surface area contributed by atoms with E-state index in [4.69, 9.17) is 4.74 Å². The highest BCUT2D eigenvalue weighted by Crippen LogP contribution is 2.20. The van der Waals surface area contributed by atoms with Crippen molar-refractivity contribution in [2.75, 3.05) is 25.1 Å². The van der Waals surface area contributed by atoms with Gasteiger partial charge in [0.25, 0.3) is 0 Å². The Bertz CT molecular complexity index is 346. The lowest BCUT2D eigenvalue weighted by molar-refractivity contribution is -0.00221. The highest BCUT2D eigenvalue weighted by Gasteiger charge is 2.22. The van der Waals surface area contributed by atoms with E-state index in [9.17, 15) is 0 Å². The number of morpholine rings is 1. The van der Waals surface area contributed by atoms with Crippen LogP contribution >= 0.6 is 31.9 Å². The smallest absolute Gasteiger partial charge is 0.0630 e. The number of hydrogen-bond donors (Lipinski definition) is 0. The molecule has 1 aromatic rings. The Hall–Kier alpha value is 0.100. The quantitative estimate of drug-likeness (QED) is 0.778. The summed E-state index contributed by atoms with van der Waals surface area (Å²) in [6.45, 7) is 3.67. The van der Waals surface area contributed by atoms with Gasteiger partial charge in [-0.3, -0.25) is 4.90 Å². The van der Waals surface area contributed by atoms with Crippen molar-refractivity contribution in [3.8, 4) is 0 Å². The zero-order chi connectivity index (χ0) is 11.4. The van der Waals surface area contributed by atoms with Gasteiger partial charge in [0, 0.05) is 28.9 Å². The second kappa shape index (κ2) is 6.15. The molecule has 0 aliphatic carbocycles. The molecule has 1 aromatic carbocycles. The first-order valence-corrected chi connectivity index (χ1v) is 7.34. The fraction of sp³-hybridized carbons (Fsp3) is 0.500. The molecule has 0 radical (unpaired) electrons. The van der Waals surface area contributed by atoms with E-state index in [-0.39, 0.29) is 0 Å². The van der Waals surface area contributed by atoms with Gasteiger partial charge in [0.1, 0.15) is 0 Å². The SMILES string of the molecule is BrCC1COCCN1Cc1ccccc1Br. The van der Waals surface area contributed by atoms with Crippen molar-refractivity contribution in [2.45, 2.75) is 12.6 Å².